The maximum Gasteiger partial charge on any atom is 0.349 e. The third-order valence-electron chi connectivity index (χ3n) is 11.6. The SMILES string of the molecule is CCN1c2ccccc2CCc2cc(-c3sc(-c4sc(-c5sc(-c6sc(/C=c7\s/c(=C(\C#N)C(=O)O)[nH]c7=O)c7c6OCCO7)c6c5OCCO6)c5c4OCCO5)c4c3OCCO4)ccc21. The van der Waals surface area contributed by atoms with Crippen molar-refractivity contribution in [2.24, 2.45) is 0 Å². The number of hydrogen-bond donors (Lipinski definition) is 2. The van der Waals surface area contributed by atoms with Crippen molar-refractivity contribution in [1.82, 2.24) is 4.98 Å². The number of benzene rings is 2. The van der Waals surface area contributed by atoms with Gasteiger partial charge in [-0.1, -0.05) is 24.3 Å². The molecule has 10 heterocycles. The number of aliphatic carboxylic acids is 1. The lowest BCUT2D eigenvalue weighted by Crippen LogP contribution is -2.21. The van der Waals surface area contributed by atoms with Crippen LogP contribution in [0.5, 0.6) is 46.0 Å². The zero-order valence-electron chi connectivity index (χ0n) is 34.9. The minimum absolute atomic E-state index is 0.0427. The van der Waals surface area contributed by atoms with Gasteiger partial charge in [-0.25, -0.2) is 4.79 Å². The van der Waals surface area contributed by atoms with Crippen LogP contribution in [0, 0.1) is 11.3 Å². The van der Waals surface area contributed by atoms with Crippen molar-refractivity contribution in [3.8, 4) is 91.8 Å². The number of thiophene rings is 4. The summed E-state index contributed by atoms with van der Waals surface area (Å²) in [5, 5.41) is 18.9. The van der Waals surface area contributed by atoms with Gasteiger partial charge >= 0.3 is 5.97 Å². The molecule has 0 bridgehead atoms. The zero-order chi connectivity index (χ0) is 44.6. The number of thiazole rings is 1. The predicted octanol–water partition coefficient (Wildman–Crippen LogP) is 8.28. The van der Waals surface area contributed by atoms with Crippen molar-refractivity contribution < 1.29 is 47.8 Å². The number of H-pyrrole nitrogens is 1. The van der Waals surface area contributed by atoms with E-state index >= 15 is 0 Å². The summed E-state index contributed by atoms with van der Waals surface area (Å²) in [4.78, 5) is 36.1. The summed E-state index contributed by atoms with van der Waals surface area (Å²) < 4.78 is 51.3. The Kier molecular flexibility index (Phi) is 10.2. The normalized spacial score (nSPS) is 16.2. The molecule has 0 radical (unpaired) electrons. The van der Waals surface area contributed by atoms with Gasteiger partial charge in [0.15, 0.2) is 51.6 Å². The monoisotopic (exact) mass is 977 g/mol. The number of nitriles is 1. The predicted molar refractivity (Wildman–Crippen MR) is 255 cm³/mol. The van der Waals surface area contributed by atoms with Gasteiger partial charge in [-0.2, -0.15) is 5.26 Å². The quantitative estimate of drug-likeness (QED) is 0.157. The average Bonchev–Trinajstić information content (AvgIpc) is 4.16. The molecule has 0 aliphatic carbocycles. The number of aryl methyl sites for hydroxylation is 2. The smallest absolute Gasteiger partial charge is 0.349 e. The highest BCUT2D eigenvalue weighted by atomic mass is 32.1. The molecule has 0 unspecified atom stereocenters. The minimum atomic E-state index is -1.43. The molecule has 0 saturated carbocycles. The van der Waals surface area contributed by atoms with E-state index in [9.17, 15) is 20.0 Å². The molecule has 2 aromatic carbocycles. The molecule has 12 rings (SSSR count). The number of fused-ring (bicyclic) bond motifs is 6. The molecule has 19 heteroatoms. The third kappa shape index (κ3) is 6.64. The van der Waals surface area contributed by atoms with Gasteiger partial charge in [0.1, 0.15) is 63.6 Å². The van der Waals surface area contributed by atoms with Crippen molar-refractivity contribution in [2.45, 2.75) is 19.8 Å². The molecule has 5 aliphatic rings. The van der Waals surface area contributed by atoms with Crippen LogP contribution in [0.3, 0.4) is 0 Å². The van der Waals surface area contributed by atoms with Gasteiger partial charge in [0.2, 0.25) is 0 Å². The van der Waals surface area contributed by atoms with E-state index in [-0.39, 0.29) is 15.8 Å². The first-order valence-electron chi connectivity index (χ1n) is 21.2. The zero-order valence-corrected chi connectivity index (χ0v) is 38.9. The second-order valence-electron chi connectivity index (χ2n) is 15.4. The minimum Gasteiger partial charge on any atom is -0.485 e. The highest BCUT2D eigenvalue weighted by Gasteiger charge is 2.38. The summed E-state index contributed by atoms with van der Waals surface area (Å²) >= 11 is 6.88. The fraction of sp³-hybridized carbons (Fsp3) is 0.255. The van der Waals surface area contributed by atoms with E-state index in [1.165, 1.54) is 45.2 Å². The maximum absolute atomic E-state index is 13.0. The van der Waals surface area contributed by atoms with Crippen LogP contribution in [0.15, 0.2) is 47.3 Å². The molecular formula is C47H35N3O11S5. The highest BCUT2D eigenvalue weighted by molar-refractivity contribution is 7.30. The number of ether oxygens (including phenoxy) is 8. The Morgan fingerprint density at radius 2 is 1.12 bits per heavy atom. The number of para-hydroxylation sites is 1. The summed E-state index contributed by atoms with van der Waals surface area (Å²) in [5.41, 5.74) is 5.10. The first-order chi connectivity index (χ1) is 32.4. The molecule has 0 saturated heterocycles. The van der Waals surface area contributed by atoms with Gasteiger partial charge in [0.05, 0.1) is 43.5 Å². The fourth-order valence-corrected chi connectivity index (χ4v) is 14.9. The Hall–Kier alpha value is -6.43. The van der Waals surface area contributed by atoms with Crippen molar-refractivity contribution in [2.75, 3.05) is 64.3 Å². The Morgan fingerprint density at radius 3 is 1.67 bits per heavy atom. The van der Waals surface area contributed by atoms with Gasteiger partial charge in [0.25, 0.3) is 5.56 Å². The summed E-state index contributed by atoms with van der Waals surface area (Å²) in [5.74, 6) is 3.30. The van der Waals surface area contributed by atoms with Crippen molar-refractivity contribution in [1.29, 1.82) is 5.26 Å². The molecule has 5 aliphatic heterocycles. The number of rotatable bonds is 7. The molecule has 14 nitrogen and oxygen atoms in total. The molecule has 2 N–H and O–H groups in total. The van der Waals surface area contributed by atoms with Crippen molar-refractivity contribution >= 4 is 85.7 Å². The van der Waals surface area contributed by atoms with Crippen molar-refractivity contribution in [3.05, 3.63) is 78.0 Å². The second-order valence-corrected chi connectivity index (χ2v) is 20.6. The number of hydrogen-bond acceptors (Lipinski definition) is 17. The molecule has 0 fully saturated rings. The van der Waals surface area contributed by atoms with E-state index in [1.54, 1.807) is 34.8 Å². The molecule has 7 aromatic rings. The van der Waals surface area contributed by atoms with Crippen LogP contribution < -0.4 is 57.5 Å². The molecule has 0 atom stereocenters. The number of carboxylic acids is 1. The molecule has 5 aromatic heterocycles. The van der Waals surface area contributed by atoms with Crippen LogP contribution in [-0.4, -0.2) is 75.5 Å². The van der Waals surface area contributed by atoms with E-state index < -0.39 is 17.1 Å². The largest absolute Gasteiger partial charge is 0.485 e. The average molecular weight is 978 g/mol. The fourth-order valence-electron chi connectivity index (χ4n) is 8.79. The first-order valence-corrected chi connectivity index (χ1v) is 25.2. The maximum atomic E-state index is 13.0. The number of nitrogens with zero attached hydrogens (tertiary/aromatic N) is 2. The van der Waals surface area contributed by atoms with Gasteiger partial charge in [-0.05, 0) is 60.7 Å². The number of aromatic nitrogens is 1. The number of anilines is 2. The standard InChI is InChI=1S/C47H35N3O11S5/c1-2-50-26-6-4-3-5-22(26)7-8-23-19-24(9-10-27(23)50)38-32-33(57-14-13-56-32)41(64-38)42-36-37(61-18-17-60-36)44(66-42)43-35-34(58-15-16-59-35)40(65-43)39-31-30(54-11-12-55-31)28(62-39)20-29-45(51)49-46(63-29)25(21-48)47(52)53/h3-6,9-10,19-20H,2,7-8,11-18H2,1H3,(H,49,51)(H,52,53)/b29-20-,46-25+. The Bertz CT molecular complexity index is 3380. The lowest BCUT2D eigenvalue weighted by molar-refractivity contribution is -0.130. The Labute approximate surface area is 395 Å². The van der Waals surface area contributed by atoms with Crippen LogP contribution in [0.1, 0.15) is 22.9 Å². The summed E-state index contributed by atoms with van der Waals surface area (Å²) in [7, 11) is 0. The third-order valence-corrected chi connectivity index (χ3v) is 17.7. The van der Waals surface area contributed by atoms with Crippen LogP contribution in [0.4, 0.5) is 11.4 Å². The summed E-state index contributed by atoms with van der Waals surface area (Å²) in [6.07, 6.45) is 3.50. The first kappa shape index (κ1) is 41.0. The van der Waals surface area contributed by atoms with Crippen LogP contribution in [0.2, 0.25) is 0 Å². The lowest BCUT2D eigenvalue weighted by atomic mass is 10.0. The van der Waals surface area contributed by atoms with E-state index in [0.29, 0.717) is 96.2 Å². The van der Waals surface area contributed by atoms with Gasteiger partial charge in [-0.15, -0.1) is 56.7 Å². The molecule has 66 heavy (non-hydrogen) atoms. The summed E-state index contributed by atoms with van der Waals surface area (Å²) in [6.45, 7) is 5.90. The van der Waals surface area contributed by atoms with Gasteiger partial charge in [0, 0.05) is 17.9 Å². The van der Waals surface area contributed by atoms with Crippen LogP contribution >= 0.6 is 56.7 Å². The second kappa shape index (κ2) is 16.5. The van der Waals surface area contributed by atoms with Gasteiger partial charge in [-0.3, -0.25) is 4.79 Å². The Balaban J connectivity index is 0.975. The number of nitrogens with one attached hydrogen (secondary N) is 1. The number of carboxylic acid groups (broad SMARTS) is 1. The van der Waals surface area contributed by atoms with E-state index in [2.05, 4.69) is 59.3 Å². The van der Waals surface area contributed by atoms with E-state index in [4.69, 9.17) is 37.9 Å². The number of carbonyl (C=O) groups is 1. The highest BCUT2D eigenvalue weighted by Crippen LogP contribution is 2.66. The van der Waals surface area contributed by atoms with Crippen LogP contribution in [-0.2, 0) is 17.6 Å². The number of aromatic amines is 1. The summed E-state index contributed by atoms with van der Waals surface area (Å²) in [6, 6.07) is 17.1. The molecular weight excluding hydrogens is 943 g/mol. The van der Waals surface area contributed by atoms with E-state index in [1.807, 2.05) is 0 Å². The van der Waals surface area contributed by atoms with Gasteiger partial charge < -0.3 is 52.9 Å². The molecule has 334 valence electrons. The van der Waals surface area contributed by atoms with Crippen molar-refractivity contribution in [3.63, 3.8) is 0 Å². The van der Waals surface area contributed by atoms with Crippen LogP contribution in [0.25, 0.3) is 51.4 Å². The molecule has 0 amide bonds. The van der Waals surface area contributed by atoms with E-state index in [0.717, 1.165) is 71.3 Å². The Morgan fingerprint density at radius 1 is 0.652 bits per heavy atom. The topological polar surface area (TPSA) is 171 Å². The molecule has 0 spiro atoms. The lowest BCUT2D eigenvalue weighted by Gasteiger charge is -2.25.